The van der Waals surface area contributed by atoms with Crippen molar-refractivity contribution in [2.45, 2.75) is 13.0 Å². The highest BCUT2D eigenvalue weighted by molar-refractivity contribution is 6.36. The first-order valence-electron chi connectivity index (χ1n) is 6.23. The summed E-state index contributed by atoms with van der Waals surface area (Å²) in [5.74, 6) is 0.823. The average molecular weight is 308 g/mol. The largest absolute Gasteiger partial charge is 0.497 e. The highest BCUT2D eigenvalue weighted by Gasteiger charge is 2.11. The van der Waals surface area contributed by atoms with Gasteiger partial charge in [0, 0.05) is 21.8 Å². The Balaban J connectivity index is 2.17. The van der Waals surface area contributed by atoms with Crippen LogP contribution in [0.15, 0.2) is 47.5 Å². The summed E-state index contributed by atoms with van der Waals surface area (Å²) in [5, 5.41) is 1.27. The molecule has 0 saturated carbocycles. The molecule has 20 heavy (non-hydrogen) atoms. The van der Waals surface area contributed by atoms with Gasteiger partial charge in [-0.2, -0.15) is 0 Å². The van der Waals surface area contributed by atoms with Gasteiger partial charge in [0.05, 0.1) is 13.2 Å². The summed E-state index contributed by atoms with van der Waals surface area (Å²) >= 11 is 12.3. The molecule has 2 nitrogen and oxygen atoms in total. The van der Waals surface area contributed by atoms with Gasteiger partial charge >= 0.3 is 0 Å². The standard InChI is InChI=1S/C16H15Cl2NO/c1-11(16-14(17)4-3-5-15(16)18)19-10-12-6-8-13(20-2)9-7-12/h3-11H,1-2H3. The number of rotatable bonds is 4. The van der Waals surface area contributed by atoms with Crippen LogP contribution in [0.3, 0.4) is 0 Å². The van der Waals surface area contributed by atoms with Crippen LogP contribution in [0.5, 0.6) is 5.75 Å². The third kappa shape index (κ3) is 3.53. The van der Waals surface area contributed by atoms with Crippen molar-refractivity contribution < 1.29 is 4.74 Å². The van der Waals surface area contributed by atoms with E-state index in [2.05, 4.69) is 4.99 Å². The molecule has 0 aliphatic carbocycles. The molecular formula is C16H15Cl2NO. The summed E-state index contributed by atoms with van der Waals surface area (Å²) < 4.78 is 5.12. The summed E-state index contributed by atoms with van der Waals surface area (Å²) in [6.07, 6.45) is 1.81. The van der Waals surface area contributed by atoms with Crippen LogP contribution >= 0.6 is 23.2 Å². The summed E-state index contributed by atoms with van der Waals surface area (Å²) in [6.45, 7) is 1.97. The van der Waals surface area contributed by atoms with Gasteiger partial charge in [-0.1, -0.05) is 29.3 Å². The molecule has 0 fully saturated rings. The molecule has 0 heterocycles. The number of aliphatic imine (C=N–C) groups is 1. The molecule has 2 aromatic carbocycles. The normalized spacial score (nSPS) is 12.6. The van der Waals surface area contributed by atoms with E-state index < -0.39 is 0 Å². The van der Waals surface area contributed by atoms with Gasteiger partial charge in [0.25, 0.3) is 0 Å². The maximum Gasteiger partial charge on any atom is 0.118 e. The number of hydrogen-bond donors (Lipinski definition) is 0. The minimum atomic E-state index is -0.0988. The molecule has 1 unspecified atom stereocenters. The van der Waals surface area contributed by atoms with Crippen LogP contribution in [-0.2, 0) is 0 Å². The summed E-state index contributed by atoms with van der Waals surface area (Å²) in [6, 6.07) is 13.1. The van der Waals surface area contributed by atoms with Gasteiger partial charge in [0.15, 0.2) is 0 Å². The van der Waals surface area contributed by atoms with Gasteiger partial charge in [0.1, 0.15) is 5.75 Å². The van der Waals surface area contributed by atoms with E-state index in [9.17, 15) is 0 Å². The molecule has 1 atom stereocenters. The lowest BCUT2D eigenvalue weighted by Gasteiger charge is -2.11. The van der Waals surface area contributed by atoms with Crippen molar-refractivity contribution in [3.05, 3.63) is 63.6 Å². The zero-order valence-corrected chi connectivity index (χ0v) is 12.8. The maximum atomic E-state index is 6.17. The Bertz CT molecular complexity index is 588. The molecule has 0 amide bonds. The fourth-order valence-corrected chi connectivity index (χ4v) is 2.59. The van der Waals surface area contributed by atoms with Crippen LogP contribution in [0, 0.1) is 0 Å². The number of hydrogen-bond acceptors (Lipinski definition) is 2. The molecule has 4 heteroatoms. The Morgan fingerprint density at radius 1 is 1.05 bits per heavy atom. The van der Waals surface area contributed by atoms with Gasteiger partial charge in [-0.05, 0) is 48.9 Å². The van der Waals surface area contributed by atoms with E-state index >= 15 is 0 Å². The SMILES string of the molecule is COc1ccc(C=NC(C)c2c(Cl)cccc2Cl)cc1. The van der Waals surface area contributed by atoms with Crippen LogP contribution in [-0.4, -0.2) is 13.3 Å². The first-order chi connectivity index (χ1) is 9.61. The van der Waals surface area contributed by atoms with Crippen LogP contribution in [0.25, 0.3) is 0 Å². The second kappa shape index (κ2) is 6.78. The van der Waals surface area contributed by atoms with Crippen LogP contribution < -0.4 is 4.74 Å². The second-order valence-electron chi connectivity index (χ2n) is 4.36. The molecule has 0 aliphatic rings. The number of halogens is 2. The third-order valence-corrected chi connectivity index (χ3v) is 3.64. The first-order valence-corrected chi connectivity index (χ1v) is 6.98. The van der Waals surface area contributed by atoms with E-state index in [0.717, 1.165) is 16.9 Å². The lowest BCUT2D eigenvalue weighted by molar-refractivity contribution is 0.415. The third-order valence-electron chi connectivity index (χ3n) is 2.98. The van der Waals surface area contributed by atoms with E-state index in [-0.39, 0.29) is 6.04 Å². The van der Waals surface area contributed by atoms with Crippen LogP contribution in [0.1, 0.15) is 24.1 Å². The Labute approximate surface area is 129 Å². The summed E-state index contributed by atoms with van der Waals surface area (Å²) in [5.41, 5.74) is 1.85. The Morgan fingerprint density at radius 3 is 2.20 bits per heavy atom. The van der Waals surface area contributed by atoms with Gasteiger partial charge in [-0.3, -0.25) is 4.99 Å². The lowest BCUT2D eigenvalue weighted by atomic mass is 10.1. The van der Waals surface area contributed by atoms with E-state index in [4.69, 9.17) is 27.9 Å². The van der Waals surface area contributed by atoms with Crippen molar-refractivity contribution in [3.8, 4) is 5.75 Å². The molecular weight excluding hydrogens is 293 g/mol. The number of methoxy groups -OCH3 is 1. The molecule has 0 aliphatic heterocycles. The van der Waals surface area contributed by atoms with Crippen molar-refractivity contribution in [2.75, 3.05) is 7.11 Å². The fraction of sp³-hybridized carbons (Fsp3) is 0.188. The average Bonchev–Trinajstić information content (AvgIpc) is 2.45. The second-order valence-corrected chi connectivity index (χ2v) is 5.18. The van der Waals surface area contributed by atoms with E-state index in [1.165, 1.54) is 0 Å². The first kappa shape index (κ1) is 14.9. The summed E-state index contributed by atoms with van der Waals surface area (Å²) in [7, 11) is 1.64. The quantitative estimate of drug-likeness (QED) is 0.713. The molecule has 0 radical (unpaired) electrons. The monoisotopic (exact) mass is 307 g/mol. The minimum Gasteiger partial charge on any atom is -0.497 e. The number of ether oxygens (including phenoxy) is 1. The van der Waals surface area contributed by atoms with Crippen molar-refractivity contribution in [1.82, 2.24) is 0 Å². The van der Waals surface area contributed by atoms with Crippen molar-refractivity contribution >= 4 is 29.4 Å². The number of nitrogens with zero attached hydrogens (tertiary/aromatic N) is 1. The molecule has 0 N–H and O–H groups in total. The highest BCUT2D eigenvalue weighted by Crippen LogP contribution is 2.31. The zero-order valence-electron chi connectivity index (χ0n) is 11.3. The topological polar surface area (TPSA) is 21.6 Å². The predicted octanol–water partition coefficient (Wildman–Crippen LogP) is 5.18. The maximum absolute atomic E-state index is 6.17. The highest BCUT2D eigenvalue weighted by atomic mass is 35.5. The molecule has 104 valence electrons. The summed E-state index contributed by atoms with van der Waals surface area (Å²) in [4.78, 5) is 4.51. The van der Waals surface area contributed by atoms with Crippen molar-refractivity contribution in [2.24, 2.45) is 4.99 Å². The van der Waals surface area contributed by atoms with Gasteiger partial charge < -0.3 is 4.74 Å². The van der Waals surface area contributed by atoms with Gasteiger partial charge in [0.2, 0.25) is 0 Å². The van der Waals surface area contributed by atoms with Crippen LogP contribution in [0.2, 0.25) is 10.0 Å². The van der Waals surface area contributed by atoms with Crippen molar-refractivity contribution in [3.63, 3.8) is 0 Å². The Hall–Kier alpha value is -1.51. The van der Waals surface area contributed by atoms with E-state index in [1.807, 2.05) is 55.6 Å². The predicted molar refractivity (Wildman–Crippen MR) is 85.5 cm³/mol. The van der Waals surface area contributed by atoms with Gasteiger partial charge in [-0.25, -0.2) is 0 Å². The molecule has 0 spiro atoms. The minimum absolute atomic E-state index is 0.0988. The molecule has 0 aromatic heterocycles. The van der Waals surface area contributed by atoms with Crippen molar-refractivity contribution in [1.29, 1.82) is 0 Å². The van der Waals surface area contributed by atoms with E-state index in [0.29, 0.717) is 10.0 Å². The lowest BCUT2D eigenvalue weighted by Crippen LogP contribution is -1.94. The van der Waals surface area contributed by atoms with E-state index in [1.54, 1.807) is 7.11 Å². The molecule has 2 aromatic rings. The fourth-order valence-electron chi connectivity index (χ4n) is 1.87. The number of benzene rings is 2. The molecule has 0 saturated heterocycles. The zero-order chi connectivity index (χ0) is 14.5. The van der Waals surface area contributed by atoms with Crippen LogP contribution in [0.4, 0.5) is 0 Å². The van der Waals surface area contributed by atoms with Gasteiger partial charge in [-0.15, -0.1) is 0 Å². The Kier molecular flexibility index (Phi) is 5.05. The Morgan fingerprint density at radius 2 is 1.65 bits per heavy atom. The molecule has 0 bridgehead atoms. The smallest absolute Gasteiger partial charge is 0.118 e. The molecule has 2 rings (SSSR count).